The summed E-state index contributed by atoms with van der Waals surface area (Å²) in [5.74, 6) is 1.000. The van der Waals surface area contributed by atoms with Gasteiger partial charge in [-0.15, -0.1) is 0 Å². The Bertz CT molecular complexity index is 293. The second kappa shape index (κ2) is 5.98. The van der Waals surface area contributed by atoms with E-state index in [-0.39, 0.29) is 5.75 Å². The van der Waals surface area contributed by atoms with Crippen molar-refractivity contribution < 1.29 is 8.42 Å². The Morgan fingerprint density at radius 3 is 2.00 bits per heavy atom. The van der Waals surface area contributed by atoms with Crippen molar-refractivity contribution in [3.8, 4) is 0 Å². The fourth-order valence-corrected chi connectivity index (χ4v) is 2.60. The first-order valence-electron chi connectivity index (χ1n) is 5.99. The molecule has 0 aromatic rings. The molecule has 1 aliphatic rings. The number of piperazine rings is 1. The smallest absolute Gasteiger partial charge is 0.148 e. The molecule has 5 heteroatoms. The molecule has 16 heavy (non-hydrogen) atoms. The molecule has 96 valence electrons. The van der Waals surface area contributed by atoms with E-state index in [0.29, 0.717) is 12.5 Å². The van der Waals surface area contributed by atoms with Gasteiger partial charge in [-0.3, -0.25) is 4.90 Å². The standard InChI is InChI=1S/C11H24N2O2S/c1-11(2)10-13-6-4-12(5-7-13)8-9-16(3,14)15/h11H,4-10H2,1-3H3. The van der Waals surface area contributed by atoms with Gasteiger partial charge in [0.2, 0.25) is 0 Å². The lowest BCUT2D eigenvalue weighted by Gasteiger charge is -2.35. The van der Waals surface area contributed by atoms with Gasteiger partial charge >= 0.3 is 0 Å². The minimum absolute atomic E-state index is 0.289. The van der Waals surface area contributed by atoms with Crippen molar-refractivity contribution in [1.29, 1.82) is 0 Å². The molecule has 0 N–H and O–H groups in total. The lowest BCUT2D eigenvalue weighted by Crippen LogP contribution is -2.48. The molecule has 0 bridgehead atoms. The number of sulfone groups is 1. The average Bonchev–Trinajstić information content (AvgIpc) is 2.14. The normalized spacial score (nSPS) is 20.5. The highest BCUT2D eigenvalue weighted by atomic mass is 32.2. The van der Waals surface area contributed by atoms with Crippen molar-refractivity contribution in [3.05, 3.63) is 0 Å². The van der Waals surface area contributed by atoms with Crippen molar-refractivity contribution >= 4 is 9.84 Å². The Labute approximate surface area is 99.5 Å². The Hall–Kier alpha value is -0.130. The van der Waals surface area contributed by atoms with Crippen LogP contribution in [0.4, 0.5) is 0 Å². The van der Waals surface area contributed by atoms with Crippen LogP contribution in [-0.4, -0.2) is 69.5 Å². The maximum absolute atomic E-state index is 11.0. The topological polar surface area (TPSA) is 40.6 Å². The van der Waals surface area contributed by atoms with Crippen LogP contribution in [0.3, 0.4) is 0 Å². The SMILES string of the molecule is CC(C)CN1CCN(CCS(C)(=O)=O)CC1. The summed E-state index contributed by atoms with van der Waals surface area (Å²) in [5.41, 5.74) is 0. The molecule has 1 fully saturated rings. The van der Waals surface area contributed by atoms with Gasteiger partial charge in [0.25, 0.3) is 0 Å². The van der Waals surface area contributed by atoms with Gasteiger partial charge in [0.15, 0.2) is 0 Å². The first kappa shape index (κ1) is 13.9. The third-order valence-electron chi connectivity index (χ3n) is 2.87. The molecule has 1 aliphatic heterocycles. The molecule has 0 aliphatic carbocycles. The first-order valence-corrected chi connectivity index (χ1v) is 8.05. The van der Waals surface area contributed by atoms with E-state index in [1.165, 1.54) is 6.26 Å². The summed E-state index contributed by atoms with van der Waals surface area (Å²) in [6, 6.07) is 0. The highest BCUT2D eigenvalue weighted by Gasteiger charge is 2.18. The van der Waals surface area contributed by atoms with Gasteiger partial charge in [-0.25, -0.2) is 8.42 Å². The lowest BCUT2D eigenvalue weighted by atomic mass is 10.2. The Morgan fingerprint density at radius 1 is 1.06 bits per heavy atom. The molecule has 0 saturated carbocycles. The zero-order valence-corrected chi connectivity index (χ0v) is 11.5. The van der Waals surface area contributed by atoms with E-state index in [0.717, 1.165) is 32.7 Å². The Kier molecular flexibility index (Phi) is 5.21. The van der Waals surface area contributed by atoms with Gasteiger partial charge in [-0.1, -0.05) is 13.8 Å². The van der Waals surface area contributed by atoms with Gasteiger partial charge in [-0.05, 0) is 5.92 Å². The zero-order valence-electron chi connectivity index (χ0n) is 10.6. The molecule has 0 amide bonds. The molecule has 0 atom stereocenters. The number of hydrogen-bond donors (Lipinski definition) is 0. The van der Waals surface area contributed by atoms with Crippen molar-refractivity contribution in [2.24, 2.45) is 5.92 Å². The second-order valence-corrected chi connectivity index (χ2v) is 7.43. The molecule has 1 rings (SSSR count). The van der Waals surface area contributed by atoms with E-state index >= 15 is 0 Å². The third kappa shape index (κ3) is 5.82. The predicted octanol–water partition coefficient (Wildman–Crippen LogP) is 0.305. The van der Waals surface area contributed by atoms with Crippen molar-refractivity contribution in [2.75, 3.05) is 51.3 Å². The summed E-state index contributed by atoms with van der Waals surface area (Å²) >= 11 is 0. The maximum Gasteiger partial charge on any atom is 0.148 e. The Balaban J connectivity index is 2.22. The molecule has 0 aromatic heterocycles. The molecular weight excluding hydrogens is 224 g/mol. The van der Waals surface area contributed by atoms with Gasteiger partial charge in [0, 0.05) is 45.5 Å². The molecule has 1 heterocycles. The van der Waals surface area contributed by atoms with Crippen LogP contribution in [0.15, 0.2) is 0 Å². The van der Waals surface area contributed by atoms with E-state index in [9.17, 15) is 8.42 Å². The van der Waals surface area contributed by atoms with Crippen molar-refractivity contribution in [2.45, 2.75) is 13.8 Å². The lowest BCUT2D eigenvalue weighted by molar-refractivity contribution is 0.127. The molecular formula is C11H24N2O2S. The zero-order chi connectivity index (χ0) is 12.2. The van der Waals surface area contributed by atoms with Crippen LogP contribution >= 0.6 is 0 Å². The highest BCUT2D eigenvalue weighted by Crippen LogP contribution is 2.05. The molecule has 0 unspecified atom stereocenters. The summed E-state index contributed by atoms with van der Waals surface area (Å²) < 4.78 is 22.1. The van der Waals surface area contributed by atoms with E-state index in [2.05, 4.69) is 23.6 Å². The predicted molar refractivity (Wildman–Crippen MR) is 67.4 cm³/mol. The highest BCUT2D eigenvalue weighted by molar-refractivity contribution is 7.90. The summed E-state index contributed by atoms with van der Waals surface area (Å²) in [6.45, 7) is 10.5. The molecule has 0 radical (unpaired) electrons. The number of hydrogen-bond acceptors (Lipinski definition) is 4. The van der Waals surface area contributed by atoms with E-state index in [1.54, 1.807) is 0 Å². The fraction of sp³-hybridized carbons (Fsp3) is 1.00. The van der Waals surface area contributed by atoms with E-state index in [4.69, 9.17) is 0 Å². The van der Waals surface area contributed by atoms with Gasteiger partial charge < -0.3 is 4.90 Å². The van der Waals surface area contributed by atoms with Crippen molar-refractivity contribution in [3.63, 3.8) is 0 Å². The summed E-state index contributed by atoms with van der Waals surface area (Å²) in [5, 5.41) is 0. The minimum atomic E-state index is -2.81. The van der Waals surface area contributed by atoms with Crippen LogP contribution in [0.5, 0.6) is 0 Å². The largest absolute Gasteiger partial charge is 0.301 e. The molecule has 1 saturated heterocycles. The minimum Gasteiger partial charge on any atom is -0.301 e. The second-order valence-electron chi connectivity index (χ2n) is 5.17. The van der Waals surface area contributed by atoms with Gasteiger partial charge in [-0.2, -0.15) is 0 Å². The van der Waals surface area contributed by atoms with Gasteiger partial charge in [0.1, 0.15) is 9.84 Å². The van der Waals surface area contributed by atoms with Gasteiger partial charge in [0.05, 0.1) is 5.75 Å². The number of nitrogens with zero attached hydrogens (tertiary/aromatic N) is 2. The monoisotopic (exact) mass is 248 g/mol. The third-order valence-corrected chi connectivity index (χ3v) is 3.79. The van der Waals surface area contributed by atoms with E-state index < -0.39 is 9.84 Å². The molecule has 4 nitrogen and oxygen atoms in total. The summed E-state index contributed by atoms with van der Waals surface area (Å²) in [6.07, 6.45) is 1.31. The quantitative estimate of drug-likeness (QED) is 0.702. The van der Waals surface area contributed by atoms with E-state index in [1.807, 2.05) is 0 Å². The van der Waals surface area contributed by atoms with Crippen LogP contribution in [0, 0.1) is 5.92 Å². The van der Waals surface area contributed by atoms with Crippen LogP contribution in [-0.2, 0) is 9.84 Å². The first-order chi connectivity index (χ1) is 7.37. The van der Waals surface area contributed by atoms with Crippen LogP contribution in [0.1, 0.15) is 13.8 Å². The molecule has 0 aromatic carbocycles. The van der Waals surface area contributed by atoms with Crippen LogP contribution < -0.4 is 0 Å². The summed E-state index contributed by atoms with van der Waals surface area (Å²) in [7, 11) is -2.81. The van der Waals surface area contributed by atoms with Crippen LogP contribution in [0.2, 0.25) is 0 Å². The fourth-order valence-electron chi connectivity index (χ4n) is 2.01. The average molecular weight is 248 g/mol. The molecule has 0 spiro atoms. The van der Waals surface area contributed by atoms with Crippen LogP contribution in [0.25, 0.3) is 0 Å². The maximum atomic E-state index is 11.0. The van der Waals surface area contributed by atoms with Crippen molar-refractivity contribution in [1.82, 2.24) is 9.80 Å². The number of rotatable bonds is 5. The summed E-state index contributed by atoms with van der Waals surface area (Å²) in [4.78, 5) is 4.71. The Morgan fingerprint density at radius 2 is 1.56 bits per heavy atom.